The second kappa shape index (κ2) is 4.19. The summed E-state index contributed by atoms with van der Waals surface area (Å²) in [5, 5.41) is 4.75. The molecule has 1 unspecified atom stereocenters. The largest absolute Gasteiger partial charge is 0.358 e. The maximum absolute atomic E-state index is 3.59. The topological polar surface area (TPSA) is 27.8 Å². The summed E-state index contributed by atoms with van der Waals surface area (Å²) in [5.41, 5.74) is 5.70. The number of hydrogen-bond donors (Lipinski definition) is 2. The van der Waals surface area contributed by atoms with Gasteiger partial charge < -0.3 is 10.3 Å². The number of aromatic nitrogens is 1. The molecule has 1 aromatic heterocycles. The van der Waals surface area contributed by atoms with Crippen molar-refractivity contribution < 1.29 is 0 Å². The first-order chi connectivity index (χ1) is 8.28. The van der Waals surface area contributed by atoms with Crippen molar-refractivity contribution in [3.8, 4) is 0 Å². The lowest BCUT2D eigenvalue weighted by Crippen LogP contribution is -2.24. The molecular weight excluding hydrogens is 208 g/mol. The standard InChI is InChI=1S/C15H20N2/c1-10-3-5-14-12(7-10)13-8-11(9-16-2)4-6-15(13)17-14/h3,5,7,11,16-17H,4,6,8-9H2,1-2H3. The number of aryl methyl sites for hydroxylation is 2. The zero-order valence-corrected chi connectivity index (χ0v) is 10.6. The highest BCUT2D eigenvalue weighted by molar-refractivity contribution is 5.85. The molecule has 1 atom stereocenters. The van der Waals surface area contributed by atoms with Gasteiger partial charge in [-0.05, 0) is 63.4 Å². The first-order valence-electron chi connectivity index (χ1n) is 6.52. The first-order valence-corrected chi connectivity index (χ1v) is 6.52. The molecule has 0 fully saturated rings. The van der Waals surface area contributed by atoms with E-state index < -0.39 is 0 Å². The van der Waals surface area contributed by atoms with Crippen LogP contribution in [0.2, 0.25) is 0 Å². The van der Waals surface area contributed by atoms with Crippen molar-refractivity contribution in [2.45, 2.75) is 26.2 Å². The fraction of sp³-hybridized carbons (Fsp3) is 0.467. The van der Waals surface area contributed by atoms with Crippen LogP contribution in [0.4, 0.5) is 0 Å². The Labute approximate surface area is 102 Å². The van der Waals surface area contributed by atoms with E-state index in [1.165, 1.54) is 41.4 Å². The molecule has 0 radical (unpaired) electrons. The number of benzene rings is 1. The molecule has 0 bridgehead atoms. The number of rotatable bonds is 2. The van der Waals surface area contributed by atoms with Crippen molar-refractivity contribution in [3.05, 3.63) is 35.0 Å². The van der Waals surface area contributed by atoms with E-state index in [2.05, 4.69) is 42.5 Å². The van der Waals surface area contributed by atoms with Gasteiger partial charge >= 0.3 is 0 Å². The highest BCUT2D eigenvalue weighted by atomic mass is 14.8. The van der Waals surface area contributed by atoms with E-state index in [4.69, 9.17) is 0 Å². The normalized spacial score (nSPS) is 19.5. The molecule has 0 saturated heterocycles. The van der Waals surface area contributed by atoms with E-state index in [-0.39, 0.29) is 0 Å². The van der Waals surface area contributed by atoms with Crippen LogP contribution in [-0.4, -0.2) is 18.6 Å². The van der Waals surface area contributed by atoms with Gasteiger partial charge in [-0.15, -0.1) is 0 Å². The molecule has 90 valence electrons. The van der Waals surface area contributed by atoms with Crippen LogP contribution in [0.3, 0.4) is 0 Å². The predicted octanol–water partition coefficient (Wildman–Crippen LogP) is 2.80. The number of fused-ring (bicyclic) bond motifs is 3. The van der Waals surface area contributed by atoms with E-state index in [0.29, 0.717) is 0 Å². The van der Waals surface area contributed by atoms with Crippen LogP contribution in [0.25, 0.3) is 10.9 Å². The average Bonchev–Trinajstić information content (AvgIpc) is 2.67. The van der Waals surface area contributed by atoms with Crippen LogP contribution in [0, 0.1) is 12.8 Å². The van der Waals surface area contributed by atoms with Gasteiger partial charge in [0, 0.05) is 16.6 Å². The minimum absolute atomic E-state index is 0.798. The summed E-state index contributed by atoms with van der Waals surface area (Å²) in [6, 6.07) is 6.73. The monoisotopic (exact) mass is 228 g/mol. The van der Waals surface area contributed by atoms with Crippen LogP contribution in [0.1, 0.15) is 23.2 Å². The molecule has 0 amide bonds. The molecule has 2 nitrogen and oxygen atoms in total. The van der Waals surface area contributed by atoms with Gasteiger partial charge in [-0.25, -0.2) is 0 Å². The third kappa shape index (κ3) is 1.87. The molecule has 0 aliphatic heterocycles. The second-order valence-electron chi connectivity index (χ2n) is 5.30. The van der Waals surface area contributed by atoms with Crippen LogP contribution < -0.4 is 5.32 Å². The smallest absolute Gasteiger partial charge is 0.0459 e. The van der Waals surface area contributed by atoms with Gasteiger partial charge in [-0.1, -0.05) is 11.6 Å². The molecule has 2 heteroatoms. The molecule has 0 spiro atoms. The molecule has 2 aromatic rings. The van der Waals surface area contributed by atoms with Gasteiger partial charge in [0.25, 0.3) is 0 Å². The number of hydrogen-bond acceptors (Lipinski definition) is 1. The quantitative estimate of drug-likeness (QED) is 0.812. The van der Waals surface area contributed by atoms with Gasteiger partial charge in [0.2, 0.25) is 0 Å². The number of aromatic amines is 1. The Bertz CT molecular complexity index is 539. The fourth-order valence-electron chi connectivity index (χ4n) is 3.07. The van der Waals surface area contributed by atoms with Gasteiger partial charge in [0.05, 0.1) is 0 Å². The Kier molecular flexibility index (Phi) is 2.67. The molecule has 0 saturated carbocycles. The van der Waals surface area contributed by atoms with Crippen molar-refractivity contribution in [3.63, 3.8) is 0 Å². The first kappa shape index (κ1) is 10.8. The van der Waals surface area contributed by atoms with Crippen LogP contribution in [-0.2, 0) is 12.8 Å². The van der Waals surface area contributed by atoms with Crippen molar-refractivity contribution in [1.82, 2.24) is 10.3 Å². The summed E-state index contributed by atoms with van der Waals surface area (Å²) in [6.07, 6.45) is 3.73. The summed E-state index contributed by atoms with van der Waals surface area (Å²) in [7, 11) is 2.05. The van der Waals surface area contributed by atoms with E-state index in [1.54, 1.807) is 5.56 Å². The lowest BCUT2D eigenvalue weighted by atomic mass is 9.86. The maximum Gasteiger partial charge on any atom is 0.0459 e. The highest BCUT2D eigenvalue weighted by Gasteiger charge is 2.21. The van der Waals surface area contributed by atoms with Gasteiger partial charge in [0.15, 0.2) is 0 Å². The van der Waals surface area contributed by atoms with Crippen LogP contribution >= 0.6 is 0 Å². The van der Waals surface area contributed by atoms with Crippen molar-refractivity contribution in [1.29, 1.82) is 0 Å². The third-order valence-electron chi connectivity index (χ3n) is 3.94. The van der Waals surface area contributed by atoms with E-state index >= 15 is 0 Å². The number of nitrogens with one attached hydrogen (secondary N) is 2. The zero-order valence-electron chi connectivity index (χ0n) is 10.6. The van der Waals surface area contributed by atoms with Crippen LogP contribution in [0.5, 0.6) is 0 Å². The van der Waals surface area contributed by atoms with Crippen molar-refractivity contribution in [2.75, 3.05) is 13.6 Å². The predicted molar refractivity (Wildman–Crippen MR) is 72.5 cm³/mol. The molecule has 1 aliphatic carbocycles. The molecule has 1 aliphatic rings. The SMILES string of the molecule is CNCC1CCc2[nH]c3ccc(C)cc3c2C1. The summed E-state index contributed by atoms with van der Waals surface area (Å²) in [4.78, 5) is 3.59. The van der Waals surface area contributed by atoms with Crippen molar-refractivity contribution >= 4 is 10.9 Å². The van der Waals surface area contributed by atoms with Gasteiger partial charge in [-0.2, -0.15) is 0 Å². The van der Waals surface area contributed by atoms with Crippen LogP contribution in [0.15, 0.2) is 18.2 Å². The van der Waals surface area contributed by atoms with Crippen molar-refractivity contribution in [2.24, 2.45) is 5.92 Å². The Morgan fingerprint density at radius 1 is 1.41 bits per heavy atom. The Morgan fingerprint density at radius 2 is 2.29 bits per heavy atom. The van der Waals surface area contributed by atoms with Gasteiger partial charge in [0.1, 0.15) is 0 Å². The fourth-order valence-corrected chi connectivity index (χ4v) is 3.07. The maximum atomic E-state index is 3.59. The lowest BCUT2D eigenvalue weighted by Gasteiger charge is -2.22. The molecule has 1 heterocycles. The summed E-state index contributed by atoms with van der Waals surface area (Å²) >= 11 is 0. The minimum atomic E-state index is 0.798. The van der Waals surface area contributed by atoms with E-state index in [1.807, 2.05) is 0 Å². The molecule has 2 N–H and O–H groups in total. The summed E-state index contributed by atoms with van der Waals surface area (Å²) < 4.78 is 0. The molecule has 3 rings (SSSR count). The molecule has 1 aromatic carbocycles. The summed E-state index contributed by atoms with van der Waals surface area (Å²) in [5.74, 6) is 0.798. The summed E-state index contributed by atoms with van der Waals surface area (Å²) in [6.45, 7) is 3.31. The Morgan fingerprint density at radius 3 is 3.12 bits per heavy atom. The molecule has 17 heavy (non-hydrogen) atoms. The highest BCUT2D eigenvalue weighted by Crippen LogP contribution is 2.31. The average molecular weight is 228 g/mol. The second-order valence-corrected chi connectivity index (χ2v) is 5.30. The van der Waals surface area contributed by atoms with Gasteiger partial charge in [-0.3, -0.25) is 0 Å². The van der Waals surface area contributed by atoms with E-state index in [9.17, 15) is 0 Å². The third-order valence-corrected chi connectivity index (χ3v) is 3.94. The van der Waals surface area contributed by atoms with E-state index in [0.717, 1.165) is 12.5 Å². The zero-order chi connectivity index (χ0) is 11.8. The number of H-pyrrole nitrogens is 1. The Hall–Kier alpha value is -1.28. The Balaban J connectivity index is 2.04. The minimum Gasteiger partial charge on any atom is -0.358 e. The lowest BCUT2D eigenvalue weighted by molar-refractivity contribution is 0.439. The molecular formula is C15H20N2.